The van der Waals surface area contributed by atoms with Crippen molar-refractivity contribution >= 4 is 16.9 Å². The highest BCUT2D eigenvalue weighted by atomic mass is 16.5. The lowest BCUT2D eigenvalue weighted by atomic mass is 10.0. The molecule has 0 aliphatic carbocycles. The van der Waals surface area contributed by atoms with Crippen molar-refractivity contribution in [2.75, 3.05) is 52.6 Å². The molecule has 7 nitrogen and oxygen atoms in total. The third kappa shape index (κ3) is 3.90. The van der Waals surface area contributed by atoms with Gasteiger partial charge in [0.2, 0.25) is 0 Å². The summed E-state index contributed by atoms with van der Waals surface area (Å²) in [5.41, 5.74) is 2.50. The number of nitrogens with one attached hydrogen (secondary N) is 1. The fraction of sp³-hybridized carbons (Fsp3) is 0.579. The van der Waals surface area contributed by atoms with E-state index < -0.39 is 0 Å². The normalized spacial score (nSPS) is 19.7. The lowest BCUT2D eigenvalue weighted by Crippen LogP contribution is -2.48. The molecule has 0 saturated carbocycles. The highest BCUT2D eigenvalue weighted by Gasteiger charge is 2.27. The van der Waals surface area contributed by atoms with Crippen molar-refractivity contribution in [1.82, 2.24) is 19.8 Å². The standard InChI is InChI=1S/C19H26N4O3/c24-19(15-1-2-17-18(13-15)21-14-20-17)23(16-3-9-25-10-4-16)6-5-22-7-11-26-12-8-22/h1-2,13-14,16H,3-12H2,(H,20,21). The van der Waals surface area contributed by atoms with E-state index in [1.165, 1.54) is 0 Å². The van der Waals surface area contributed by atoms with Gasteiger partial charge in [-0.1, -0.05) is 0 Å². The van der Waals surface area contributed by atoms with E-state index in [1.54, 1.807) is 6.33 Å². The Labute approximate surface area is 153 Å². The molecule has 0 radical (unpaired) electrons. The van der Waals surface area contributed by atoms with Crippen molar-refractivity contribution in [3.05, 3.63) is 30.1 Å². The molecule has 2 fully saturated rings. The first-order valence-electron chi connectivity index (χ1n) is 9.43. The number of amides is 1. The van der Waals surface area contributed by atoms with Gasteiger partial charge in [-0.05, 0) is 31.0 Å². The van der Waals surface area contributed by atoms with Crippen LogP contribution in [0.25, 0.3) is 11.0 Å². The van der Waals surface area contributed by atoms with Crippen LogP contribution in [0.2, 0.25) is 0 Å². The Hall–Kier alpha value is -1.96. The Morgan fingerprint density at radius 1 is 1.19 bits per heavy atom. The summed E-state index contributed by atoms with van der Waals surface area (Å²) in [5, 5.41) is 0. The molecule has 0 atom stereocenters. The highest BCUT2D eigenvalue weighted by Crippen LogP contribution is 2.20. The van der Waals surface area contributed by atoms with E-state index in [0.717, 1.165) is 82.0 Å². The minimum absolute atomic E-state index is 0.0988. The number of carbonyl (C=O) groups excluding carboxylic acids is 1. The number of aromatic amines is 1. The van der Waals surface area contributed by atoms with Crippen LogP contribution in [-0.4, -0.2) is 84.3 Å². The molecule has 1 aromatic heterocycles. The van der Waals surface area contributed by atoms with E-state index in [2.05, 4.69) is 19.8 Å². The van der Waals surface area contributed by atoms with Crippen LogP contribution in [0.15, 0.2) is 24.5 Å². The van der Waals surface area contributed by atoms with Crippen LogP contribution in [0, 0.1) is 0 Å². The third-order valence-corrected chi connectivity index (χ3v) is 5.32. The van der Waals surface area contributed by atoms with Gasteiger partial charge in [-0.25, -0.2) is 4.98 Å². The number of imidazole rings is 1. The number of ether oxygens (including phenoxy) is 2. The van der Waals surface area contributed by atoms with Crippen molar-refractivity contribution in [3.8, 4) is 0 Å². The van der Waals surface area contributed by atoms with Gasteiger partial charge in [0.25, 0.3) is 5.91 Å². The van der Waals surface area contributed by atoms with E-state index in [-0.39, 0.29) is 11.9 Å². The Bertz CT molecular complexity index is 735. The molecule has 2 aliphatic heterocycles. The predicted octanol–water partition coefficient (Wildman–Crippen LogP) is 1.52. The number of benzene rings is 1. The number of rotatable bonds is 5. The van der Waals surface area contributed by atoms with Crippen LogP contribution in [0.5, 0.6) is 0 Å². The molecule has 140 valence electrons. The molecule has 4 rings (SSSR count). The third-order valence-electron chi connectivity index (χ3n) is 5.32. The Balaban J connectivity index is 1.50. The molecule has 2 saturated heterocycles. The summed E-state index contributed by atoms with van der Waals surface area (Å²) in [4.78, 5) is 25.0. The zero-order valence-corrected chi connectivity index (χ0v) is 15.0. The fourth-order valence-electron chi connectivity index (χ4n) is 3.76. The lowest BCUT2D eigenvalue weighted by Gasteiger charge is -2.36. The summed E-state index contributed by atoms with van der Waals surface area (Å²) in [5.74, 6) is 0.0988. The summed E-state index contributed by atoms with van der Waals surface area (Å²) in [6.45, 7) is 6.52. The minimum atomic E-state index is 0.0988. The number of carbonyl (C=O) groups is 1. The molecule has 0 bridgehead atoms. The Morgan fingerprint density at radius 2 is 1.96 bits per heavy atom. The lowest BCUT2D eigenvalue weighted by molar-refractivity contribution is 0.0141. The first-order valence-corrected chi connectivity index (χ1v) is 9.43. The van der Waals surface area contributed by atoms with E-state index in [0.29, 0.717) is 0 Å². The molecule has 2 aliphatic rings. The summed E-state index contributed by atoms with van der Waals surface area (Å²) >= 11 is 0. The number of hydrogen-bond acceptors (Lipinski definition) is 5. The SMILES string of the molecule is O=C(c1ccc2nc[nH]c2c1)N(CCN1CCOCC1)C1CCOCC1. The molecule has 7 heteroatoms. The highest BCUT2D eigenvalue weighted by molar-refractivity contribution is 5.97. The molecule has 2 aromatic rings. The van der Waals surface area contributed by atoms with Gasteiger partial charge in [-0.2, -0.15) is 0 Å². The number of morpholine rings is 1. The maximum absolute atomic E-state index is 13.3. The zero-order chi connectivity index (χ0) is 17.8. The van der Waals surface area contributed by atoms with Crippen LogP contribution in [0.4, 0.5) is 0 Å². The van der Waals surface area contributed by atoms with Crippen molar-refractivity contribution < 1.29 is 14.3 Å². The summed E-state index contributed by atoms with van der Waals surface area (Å²) < 4.78 is 10.9. The van der Waals surface area contributed by atoms with Crippen LogP contribution in [-0.2, 0) is 9.47 Å². The Kier molecular flexibility index (Phi) is 5.48. The fourth-order valence-corrected chi connectivity index (χ4v) is 3.76. The van der Waals surface area contributed by atoms with Gasteiger partial charge >= 0.3 is 0 Å². The second-order valence-corrected chi connectivity index (χ2v) is 6.93. The maximum Gasteiger partial charge on any atom is 0.254 e. The van der Waals surface area contributed by atoms with Gasteiger partial charge in [-0.15, -0.1) is 0 Å². The number of hydrogen-bond donors (Lipinski definition) is 1. The van der Waals surface area contributed by atoms with Crippen molar-refractivity contribution in [1.29, 1.82) is 0 Å². The van der Waals surface area contributed by atoms with E-state index in [9.17, 15) is 4.79 Å². The second-order valence-electron chi connectivity index (χ2n) is 6.93. The second kappa shape index (κ2) is 8.16. The average Bonchev–Trinajstić information content (AvgIpc) is 3.17. The van der Waals surface area contributed by atoms with Crippen LogP contribution < -0.4 is 0 Å². The number of H-pyrrole nitrogens is 1. The van der Waals surface area contributed by atoms with Gasteiger partial charge in [0, 0.05) is 51.0 Å². The van der Waals surface area contributed by atoms with E-state index in [4.69, 9.17) is 9.47 Å². The van der Waals surface area contributed by atoms with Crippen molar-refractivity contribution in [3.63, 3.8) is 0 Å². The first-order chi connectivity index (χ1) is 12.8. The summed E-state index contributed by atoms with van der Waals surface area (Å²) in [6.07, 6.45) is 3.47. The molecule has 0 unspecified atom stereocenters. The summed E-state index contributed by atoms with van der Waals surface area (Å²) in [6, 6.07) is 5.94. The van der Waals surface area contributed by atoms with E-state index in [1.807, 2.05) is 18.2 Å². The largest absolute Gasteiger partial charge is 0.381 e. The first kappa shape index (κ1) is 17.5. The van der Waals surface area contributed by atoms with E-state index >= 15 is 0 Å². The zero-order valence-electron chi connectivity index (χ0n) is 15.0. The van der Waals surface area contributed by atoms with Crippen LogP contribution in [0.3, 0.4) is 0 Å². The average molecular weight is 358 g/mol. The smallest absolute Gasteiger partial charge is 0.254 e. The topological polar surface area (TPSA) is 70.7 Å². The van der Waals surface area contributed by atoms with Gasteiger partial charge in [0.15, 0.2) is 0 Å². The van der Waals surface area contributed by atoms with Crippen LogP contribution in [0.1, 0.15) is 23.2 Å². The molecular weight excluding hydrogens is 332 g/mol. The van der Waals surface area contributed by atoms with Gasteiger partial charge in [0.1, 0.15) is 0 Å². The van der Waals surface area contributed by atoms with Crippen molar-refractivity contribution in [2.45, 2.75) is 18.9 Å². The molecule has 1 N–H and O–H groups in total. The van der Waals surface area contributed by atoms with Crippen LogP contribution >= 0.6 is 0 Å². The minimum Gasteiger partial charge on any atom is -0.381 e. The Morgan fingerprint density at radius 3 is 2.77 bits per heavy atom. The van der Waals surface area contributed by atoms with Crippen molar-refractivity contribution in [2.24, 2.45) is 0 Å². The molecule has 3 heterocycles. The number of nitrogens with zero attached hydrogens (tertiary/aromatic N) is 3. The predicted molar refractivity (Wildman–Crippen MR) is 98.2 cm³/mol. The monoisotopic (exact) mass is 358 g/mol. The molecule has 1 aromatic carbocycles. The number of fused-ring (bicyclic) bond motifs is 1. The molecular formula is C19H26N4O3. The van der Waals surface area contributed by atoms with Gasteiger partial charge in [-0.3, -0.25) is 9.69 Å². The quantitative estimate of drug-likeness (QED) is 0.877. The maximum atomic E-state index is 13.3. The molecule has 26 heavy (non-hydrogen) atoms. The molecule has 0 spiro atoms. The van der Waals surface area contributed by atoms with Gasteiger partial charge < -0.3 is 19.4 Å². The van der Waals surface area contributed by atoms with Gasteiger partial charge in [0.05, 0.1) is 30.6 Å². The molecule has 1 amide bonds. The number of aromatic nitrogens is 2. The summed E-state index contributed by atoms with van der Waals surface area (Å²) in [7, 11) is 0.